The number of hydrogen-bond acceptors (Lipinski definition) is 1. The quantitative estimate of drug-likeness (QED) is 0.465. The van der Waals surface area contributed by atoms with Crippen molar-refractivity contribution in [1.29, 1.82) is 0 Å². The summed E-state index contributed by atoms with van der Waals surface area (Å²) in [6.07, 6.45) is 3.14. The zero-order valence-electron chi connectivity index (χ0n) is 6.48. The number of hydrogen-bond donors (Lipinski definition) is 1. The van der Waals surface area contributed by atoms with E-state index in [0.29, 0.717) is 0 Å². The van der Waals surface area contributed by atoms with Crippen LogP contribution in [0.25, 0.3) is 0 Å². The molecular formula is C8H13NO. The highest BCUT2D eigenvalue weighted by atomic mass is 16.1. The lowest BCUT2D eigenvalue weighted by Gasteiger charge is -1.90. The average Bonchev–Trinajstić information content (AvgIpc) is 1.90. The lowest BCUT2D eigenvalue weighted by Crippen LogP contribution is -2.04. The van der Waals surface area contributed by atoms with Crippen molar-refractivity contribution in [2.45, 2.75) is 26.7 Å². The summed E-state index contributed by atoms with van der Waals surface area (Å²) in [7, 11) is 0. The fourth-order valence-corrected chi connectivity index (χ4v) is 0.627. The molecule has 0 aromatic heterocycles. The summed E-state index contributed by atoms with van der Waals surface area (Å²) < 4.78 is 0. The van der Waals surface area contributed by atoms with Gasteiger partial charge in [-0.2, -0.15) is 0 Å². The number of nitrogens with two attached hydrogens (primary N) is 1. The molecule has 56 valence electrons. The summed E-state index contributed by atoms with van der Waals surface area (Å²) in [5.41, 5.74) is 8.84. The van der Waals surface area contributed by atoms with E-state index < -0.39 is 5.91 Å². The molecule has 0 radical (unpaired) electrons. The Morgan fingerprint density at radius 3 is 2.30 bits per heavy atom. The SMILES string of the molecule is CCC(=C=CC(N)=O)CC. The molecule has 2 N–H and O–H groups in total. The smallest absolute Gasteiger partial charge is 0.249 e. The van der Waals surface area contributed by atoms with Gasteiger partial charge in [0.2, 0.25) is 5.91 Å². The van der Waals surface area contributed by atoms with Crippen molar-refractivity contribution in [2.24, 2.45) is 5.73 Å². The first-order valence-corrected chi connectivity index (χ1v) is 3.44. The number of carbonyl (C=O) groups excluding carboxylic acids is 1. The fraction of sp³-hybridized carbons (Fsp3) is 0.500. The molecule has 0 aromatic carbocycles. The van der Waals surface area contributed by atoms with Crippen LogP contribution in [0.5, 0.6) is 0 Å². The summed E-state index contributed by atoms with van der Waals surface area (Å²) in [4.78, 5) is 10.2. The van der Waals surface area contributed by atoms with Crippen LogP contribution in [-0.4, -0.2) is 5.91 Å². The van der Waals surface area contributed by atoms with Gasteiger partial charge in [-0.15, -0.1) is 5.73 Å². The predicted molar refractivity (Wildman–Crippen MR) is 41.4 cm³/mol. The van der Waals surface area contributed by atoms with Crippen molar-refractivity contribution < 1.29 is 4.79 Å². The number of carbonyl (C=O) groups is 1. The van der Waals surface area contributed by atoms with Crippen LogP contribution in [0.4, 0.5) is 0 Å². The zero-order chi connectivity index (χ0) is 7.98. The zero-order valence-corrected chi connectivity index (χ0v) is 6.48. The summed E-state index contributed by atoms with van der Waals surface area (Å²) in [5.74, 6) is -0.431. The molecule has 0 saturated heterocycles. The van der Waals surface area contributed by atoms with Crippen LogP contribution in [0, 0.1) is 0 Å². The van der Waals surface area contributed by atoms with Crippen LogP contribution in [0.1, 0.15) is 26.7 Å². The predicted octanol–water partition coefficient (Wildman–Crippen LogP) is 1.37. The Kier molecular flexibility index (Phi) is 4.34. The van der Waals surface area contributed by atoms with Crippen LogP contribution in [0.15, 0.2) is 17.4 Å². The molecule has 0 aliphatic rings. The van der Waals surface area contributed by atoms with Crippen LogP contribution < -0.4 is 5.73 Å². The summed E-state index contributed by atoms with van der Waals surface area (Å²) in [6, 6.07) is 0. The second kappa shape index (κ2) is 4.83. The third kappa shape index (κ3) is 3.93. The van der Waals surface area contributed by atoms with Gasteiger partial charge in [-0.25, -0.2) is 0 Å². The van der Waals surface area contributed by atoms with Gasteiger partial charge in [0.1, 0.15) is 0 Å². The van der Waals surface area contributed by atoms with Gasteiger partial charge in [0.15, 0.2) is 0 Å². The van der Waals surface area contributed by atoms with Crippen molar-refractivity contribution in [1.82, 2.24) is 0 Å². The standard InChI is InChI=1S/C8H13NO/c1-3-7(4-2)5-6-8(9)10/h6H,3-4H2,1-2H3,(H2,9,10). The van der Waals surface area contributed by atoms with Gasteiger partial charge < -0.3 is 5.73 Å². The molecular weight excluding hydrogens is 126 g/mol. The van der Waals surface area contributed by atoms with E-state index >= 15 is 0 Å². The van der Waals surface area contributed by atoms with Gasteiger partial charge in [-0.3, -0.25) is 4.79 Å². The average molecular weight is 139 g/mol. The highest BCUT2D eigenvalue weighted by Crippen LogP contribution is 2.01. The van der Waals surface area contributed by atoms with Crippen LogP contribution >= 0.6 is 0 Å². The maximum atomic E-state index is 10.2. The van der Waals surface area contributed by atoms with Crippen LogP contribution in [-0.2, 0) is 4.79 Å². The Bertz CT molecular complexity index is 170. The second-order valence-corrected chi connectivity index (χ2v) is 2.00. The fourth-order valence-electron chi connectivity index (χ4n) is 0.627. The molecule has 2 nitrogen and oxygen atoms in total. The Morgan fingerprint density at radius 1 is 1.50 bits per heavy atom. The van der Waals surface area contributed by atoms with E-state index in [1.165, 1.54) is 6.08 Å². The Morgan fingerprint density at radius 2 is 2.00 bits per heavy atom. The highest BCUT2D eigenvalue weighted by Gasteiger charge is 1.85. The number of amides is 1. The first-order chi connectivity index (χ1) is 4.70. The first-order valence-electron chi connectivity index (χ1n) is 3.44. The van der Waals surface area contributed by atoms with Gasteiger partial charge in [0.25, 0.3) is 0 Å². The molecule has 2 heteroatoms. The van der Waals surface area contributed by atoms with Crippen LogP contribution in [0.3, 0.4) is 0 Å². The topological polar surface area (TPSA) is 43.1 Å². The monoisotopic (exact) mass is 139 g/mol. The van der Waals surface area contributed by atoms with Gasteiger partial charge in [-0.05, 0) is 18.4 Å². The molecule has 10 heavy (non-hydrogen) atoms. The molecule has 0 rings (SSSR count). The van der Waals surface area contributed by atoms with Crippen molar-refractivity contribution in [3.8, 4) is 0 Å². The summed E-state index contributed by atoms with van der Waals surface area (Å²) >= 11 is 0. The molecule has 0 spiro atoms. The van der Waals surface area contributed by atoms with E-state index in [-0.39, 0.29) is 0 Å². The molecule has 0 aliphatic carbocycles. The molecule has 1 amide bonds. The molecule has 0 saturated carbocycles. The minimum Gasteiger partial charge on any atom is -0.366 e. The highest BCUT2D eigenvalue weighted by molar-refractivity contribution is 5.85. The molecule has 0 fully saturated rings. The van der Waals surface area contributed by atoms with E-state index in [1.807, 2.05) is 13.8 Å². The molecule has 0 heterocycles. The summed E-state index contributed by atoms with van der Waals surface area (Å²) in [5, 5.41) is 0. The Hall–Kier alpha value is -1.01. The molecule has 0 aliphatic heterocycles. The van der Waals surface area contributed by atoms with Crippen molar-refractivity contribution in [2.75, 3.05) is 0 Å². The van der Waals surface area contributed by atoms with E-state index in [0.717, 1.165) is 18.4 Å². The van der Waals surface area contributed by atoms with Gasteiger partial charge in [-0.1, -0.05) is 13.8 Å². The maximum Gasteiger partial charge on any atom is 0.249 e. The normalized spacial score (nSPS) is 8.20. The van der Waals surface area contributed by atoms with Gasteiger partial charge in [0.05, 0.1) is 0 Å². The Labute approximate surface area is 61.4 Å². The third-order valence-corrected chi connectivity index (χ3v) is 1.27. The third-order valence-electron chi connectivity index (χ3n) is 1.27. The van der Waals surface area contributed by atoms with Gasteiger partial charge in [0, 0.05) is 6.08 Å². The largest absolute Gasteiger partial charge is 0.366 e. The molecule has 0 atom stereocenters. The number of primary amides is 1. The van der Waals surface area contributed by atoms with E-state index in [2.05, 4.69) is 5.73 Å². The van der Waals surface area contributed by atoms with E-state index in [9.17, 15) is 4.79 Å². The van der Waals surface area contributed by atoms with Crippen LogP contribution in [0.2, 0.25) is 0 Å². The lowest BCUT2D eigenvalue weighted by atomic mass is 10.2. The molecule has 0 aromatic rings. The minimum atomic E-state index is -0.431. The van der Waals surface area contributed by atoms with E-state index in [4.69, 9.17) is 5.73 Å². The Balaban J connectivity index is 4.22. The minimum absolute atomic E-state index is 0.431. The van der Waals surface area contributed by atoms with Crippen molar-refractivity contribution >= 4 is 5.91 Å². The second-order valence-electron chi connectivity index (χ2n) is 2.00. The maximum absolute atomic E-state index is 10.2. The molecule has 0 bridgehead atoms. The molecule has 0 unspecified atom stereocenters. The van der Waals surface area contributed by atoms with Crippen molar-refractivity contribution in [3.63, 3.8) is 0 Å². The number of rotatable bonds is 3. The summed E-state index contributed by atoms with van der Waals surface area (Å²) in [6.45, 7) is 4.06. The lowest BCUT2D eigenvalue weighted by molar-refractivity contribution is -0.113. The van der Waals surface area contributed by atoms with Crippen molar-refractivity contribution in [3.05, 3.63) is 17.4 Å². The van der Waals surface area contributed by atoms with E-state index in [1.54, 1.807) is 0 Å². The first kappa shape index (κ1) is 8.99. The van der Waals surface area contributed by atoms with Gasteiger partial charge >= 0.3 is 0 Å².